The van der Waals surface area contributed by atoms with Crippen molar-refractivity contribution in [3.05, 3.63) is 47.2 Å². The summed E-state index contributed by atoms with van der Waals surface area (Å²) in [5, 5.41) is 11.6. The second-order valence-corrected chi connectivity index (χ2v) is 5.70. The van der Waals surface area contributed by atoms with E-state index in [0.29, 0.717) is 24.2 Å². The number of hydrogen-bond acceptors (Lipinski definition) is 4. The monoisotopic (exact) mass is 454 g/mol. The van der Waals surface area contributed by atoms with Crippen LogP contribution in [0.2, 0.25) is 0 Å². The number of aromatic amines is 1. The molecule has 0 saturated carbocycles. The Morgan fingerprint density at radius 2 is 2.12 bits per heavy atom. The smallest absolute Gasteiger partial charge is 0.223 e. The Bertz CT molecular complexity index is 854. The third-order valence-corrected chi connectivity index (χ3v) is 3.82. The van der Waals surface area contributed by atoms with E-state index in [1.54, 1.807) is 14.0 Å². The van der Waals surface area contributed by atoms with Crippen LogP contribution in [-0.2, 0) is 13.0 Å². The molecule has 0 aliphatic rings. The number of hydrogen-bond donors (Lipinski definition) is 3. The van der Waals surface area contributed by atoms with Crippen LogP contribution in [-0.4, -0.2) is 34.7 Å². The number of H-pyrrole nitrogens is 1. The molecule has 3 N–H and O–H groups in total. The van der Waals surface area contributed by atoms with Crippen molar-refractivity contribution in [2.75, 3.05) is 13.6 Å². The first-order valence-corrected chi connectivity index (χ1v) is 7.96. The van der Waals surface area contributed by atoms with Gasteiger partial charge in [-0.15, -0.1) is 24.0 Å². The van der Waals surface area contributed by atoms with Crippen LogP contribution in [0.25, 0.3) is 10.9 Å². The summed E-state index contributed by atoms with van der Waals surface area (Å²) in [5.74, 6) is 1.89. The Kier molecular flexibility index (Phi) is 6.80. The molecule has 2 heterocycles. The molecule has 0 spiro atoms. The molecule has 0 amide bonds. The maximum Gasteiger partial charge on any atom is 0.223 e. The van der Waals surface area contributed by atoms with Crippen LogP contribution in [0, 0.1) is 13.8 Å². The zero-order valence-electron chi connectivity index (χ0n) is 14.6. The number of halogens is 1. The Morgan fingerprint density at radius 1 is 1.28 bits per heavy atom. The third kappa shape index (κ3) is 4.94. The fraction of sp³-hybridized carbons (Fsp3) is 0.353. The molecule has 134 valence electrons. The number of aromatic nitrogens is 3. The summed E-state index contributed by atoms with van der Waals surface area (Å²) >= 11 is 0. The van der Waals surface area contributed by atoms with Gasteiger partial charge in [0.15, 0.2) is 11.8 Å². The zero-order valence-corrected chi connectivity index (χ0v) is 16.9. The number of rotatable bonds is 5. The summed E-state index contributed by atoms with van der Waals surface area (Å²) in [6.07, 6.45) is 2.98. The van der Waals surface area contributed by atoms with Gasteiger partial charge in [-0.1, -0.05) is 17.3 Å². The molecule has 0 fully saturated rings. The molecule has 0 radical (unpaired) electrons. The molecule has 3 rings (SSSR count). The molecular weight excluding hydrogens is 431 g/mol. The quantitative estimate of drug-likeness (QED) is 0.313. The first-order chi connectivity index (χ1) is 11.7. The van der Waals surface area contributed by atoms with E-state index in [1.807, 2.05) is 0 Å². The third-order valence-electron chi connectivity index (χ3n) is 3.82. The van der Waals surface area contributed by atoms with Crippen LogP contribution in [0.1, 0.15) is 22.8 Å². The van der Waals surface area contributed by atoms with Crippen LogP contribution >= 0.6 is 24.0 Å². The predicted molar refractivity (Wildman–Crippen MR) is 109 cm³/mol. The fourth-order valence-corrected chi connectivity index (χ4v) is 2.62. The topological polar surface area (TPSA) is 91.1 Å². The predicted octanol–water partition coefficient (Wildman–Crippen LogP) is 2.69. The molecule has 7 nitrogen and oxygen atoms in total. The van der Waals surface area contributed by atoms with E-state index < -0.39 is 0 Å². The first kappa shape index (κ1) is 19.2. The van der Waals surface area contributed by atoms with Crippen molar-refractivity contribution in [2.24, 2.45) is 4.99 Å². The van der Waals surface area contributed by atoms with E-state index in [2.05, 4.69) is 62.1 Å². The largest absolute Gasteiger partial charge is 0.361 e. The van der Waals surface area contributed by atoms with Crippen molar-refractivity contribution in [3.63, 3.8) is 0 Å². The molecular formula is C17H23IN6O. The standard InChI is InChI=1S/C17H22N6O.HI/c1-11-4-5-14-13(9-20-15(14)8-11)6-7-19-17(18-3)21-10-16-22-12(2)24-23-16;/h4-5,8-9,20H,6-7,10H2,1-3H3,(H2,18,19,21);1H. The lowest BCUT2D eigenvalue weighted by Crippen LogP contribution is -2.38. The molecule has 0 atom stereocenters. The molecule has 25 heavy (non-hydrogen) atoms. The molecule has 2 aromatic heterocycles. The Balaban J connectivity index is 0.00000225. The number of nitrogens with zero attached hydrogens (tertiary/aromatic N) is 3. The average molecular weight is 454 g/mol. The van der Waals surface area contributed by atoms with Gasteiger partial charge in [-0.3, -0.25) is 4.99 Å². The highest BCUT2D eigenvalue weighted by atomic mass is 127. The minimum atomic E-state index is 0. The minimum absolute atomic E-state index is 0. The van der Waals surface area contributed by atoms with Gasteiger partial charge in [-0.05, 0) is 30.5 Å². The number of aliphatic imine (C=N–C) groups is 1. The number of fused-ring (bicyclic) bond motifs is 1. The maximum atomic E-state index is 4.94. The molecule has 8 heteroatoms. The van der Waals surface area contributed by atoms with Gasteiger partial charge in [-0.2, -0.15) is 4.98 Å². The van der Waals surface area contributed by atoms with Crippen molar-refractivity contribution in [1.82, 2.24) is 25.8 Å². The van der Waals surface area contributed by atoms with Gasteiger partial charge in [0.1, 0.15) is 0 Å². The second-order valence-electron chi connectivity index (χ2n) is 5.70. The molecule has 0 bridgehead atoms. The number of aryl methyl sites for hydroxylation is 2. The van der Waals surface area contributed by atoms with Gasteiger partial charge in [0.2, 0.25) is 5.89 Å². The normalized spacial score (nSPS) is 11.4. The van der Waals surface area contributed by atoms with E-state index in [1.165, 1.54) is 22.0 Å². The van der Waals surface area contributed by atoms with Crippen LogP contribution in [0.5, 0.6) is 0 Å². The van der Waals surface area contributed by atoms with Gasteiger partial charge >= 0.3 is 0 Å². The van der Waals surface area contributed by atoms with Gasteiger partial charge in [0, 0.05) is 37.6 Å². The lowest BCUT2D eigenvalue weighted by atomic mass is 10.1. The number of guanidine groups is 1. The summed E-state index contributed by atoms with van der Waals surface area (Å²) in [4.78, 5) is 11.7. The second kappa shape index (κ2) is 8.84. The first-order valence-electron chi connectivity index (χ1n) is 7.96. The number of benzene rings is 1. The van der Waals surface area contributed by atoms with Crippen molar-refractivity contribution in [2.45, 2.75) is 26.8 Å². The highest BCUT2D eigenvalue weighted by Gasteiger charge is 2.06. The van der Waals surface area contributed by atoms with E-state index in [4.69, 9.17) is 4.52 Å². The van der Waals surface area contributed by atoms with Gasteiger partial charge in [-0.25, -0.2) is 0 Å². The van der Waals surface area contributed by atoms with E-state index in [-0.39, 0.29) is 24.0 Å². The van der Waals surface area contributed by atoms with Gasteiger partial charge in [0.25, 0.3) is 0 Å². The van der Waals surface area contributed by atoms with Gasteiger partial charge in [0.05, 0.1) is 6.54 Å². The van der Waals surface area contributed by atoms with Crippen molar-refractivity contribution >= 4 is 40.8 Å². The fourth-order valence-electron chi connectivity index (χ4n) is 2.62. The molecule has 0 saturated heterocycles. The lowest BCUT2D eigenvalue weighted by Gasteiger charge is -2.10. The zero-order chi connectivity index (χ0) is 16.9. The summed E-state index contributed by atoms with van der Waals surface area (Å²) in [7, 11) is 1.74. The van der Waals surface area contributed by atoms with E-state index in [9.17, 15) is 0 Å². The van der Waals surface area contributed by atoms with Crippen LogP contribution in [0.4, 0.5) is 0 Å². The van der Waals surface area contributed by atoms with Crippen LogP contribution in [0.3, 0.4) is 0 Å². The van der Waals surface area contributed by atoms with Crippen LogP contribution < -0.4 is 10.6 Å². The molecule has 0 aliphatic carbocycles. The Hall–Kier alpha value is -2.10. The molecule has 3 aromatic rings. The SMILES string of the molecule is CN=C(NCCc1c[nH]c2cc(C)ccc12)NCc1noc(C)n1.I. The summed E-state index contributed by atoms with van der Waals surface area (Å²) < 4.78 is 4.94. The van der Waals surface area contributed by atoms with Crippen molar-refractivity contribution in [1.29, 1.82) is 0 Å². The maximum absolute atomic E-state index is 4.94. The summed E-state index contributed by atoms with van der Waals surface area (Å²) in [6, 6.07) is 6.47. The highest BCUT2D eigenvalue weighted by Crippen LogP contribution is 2.19. The van der Waals surface area contributed by atoms with Gasteiger partial charge < -0.3 is 20.1 Å². The molecule has 1 aromatic carbocycles. The summed E-state index contributed by atoms with van der Waals surface area (Å²) in [6.45, 7) is 5.13. The van der Waals surface area contributed by atoms with Crippen molar-refractivity contribution < 1.29 is 4.52 Å². The van der Waals surface area contributed by atoms with E-state index >= 15 is 0 Å². The Morgan fingerprint density at radius 3 is 2.84 bits per heavy atom. The minimum Gasteiger partial charge on any atom is -0.361 e. The highest BCUT2D eigenvalue weighted by molar-refractivity contribution is 14.0. The Labute approximate surface area is 163 Å². The summed E-state index contributed by atoms with van der Waals surface area (Å²) in [5.41, 5.74) is 3.73. The molecule has 0 aliphatic heterocycles. The average Bonchev–Trinajstić information content (AvgIpc) is 3.16. The lowest BCUT2D eigenvalue weighted by molar-refractivity contribution is 0.387. The van der Waals surface area contributed by atoms with E-state index in [0.717, 1.165) is 13.0 Å². The van der Waals surface area contributed by atoms with Crippen molar-refractivity contribution in [3.8, 4) is 0 Å². The van der Waals surface area contributed by atoms with Crippen LogP contribution in [0.15, 0.2) is 33.9 Å². The molecule has 0 unspecified atom stereocenters. The number of nitrogens with one attached hydrogen (secondary N) is 3.